The molecule has 0 aromatic carbocycles. The van der Waals surface area contributed by atoms with Crippen LogP contribution in [0.2, 0.25) is 0 Å². The molecule has 4 nitrogen and oxygen atoms in total. The maximum atomic E-state index is 12.3. The molecule has 2 N–H and O–H groups in total. The van der Waals surface area contributed by atoms with E-state index in [-0.39, 0.29) is 11.4 Å². The Morgan fingerprint density at radius 3 is 2.44 bits per heavy atom. The number of nitrogens with two attached hydrogens (primary N) is 1. The highest BCUT2D eigenvalue weighted by atomic mass is 16.2. The molecule has 0 radical (unpaired) electrons. The Bertz CT molecular complexity index is 288. The molecule has 1 heterocycles. The van der Waals surface area contributed by atoms with Gasteiger partial charge in [0.05, 0.1) is 6.54 Å². The number of carbonyl (C=O) groups is 1. The summed E-state index contributed by atoms with van der Waals surface area (Å²) in [5, 5.41) is 0. The topological polar surface area (TPSA) is 49.6 Å². The average molecular weight is 253 g/mol. The third kappa shape index (κ3) is 4.42. The van der Waals surface area contributed by atoms with E-state index in [0.29, 0.717) is 19.1 Å². The summed E-state index contributed by atoms with van der Waals surface area (Å²) in [7, 11) is 0. The van der Waals surface area contributed by atoms with Crippen LogP contribution in [0.5, 0.6) is 0 Å². The summed E-state index contributed by atoms with van der Waals surface area (Å²) >= 11 is 0. The van der Waals surface area contributed by atoms with Crippen molar-refractivity contribution in [2.45, 2.75) is 45.2 Å². The molecule has 104 valence electrons. The molecule has 0 bridgehead atoms. The van der Waals surface area contributed by atoms with Crippen molar-refractivity contribution in [3.8, 4) is 0 Å². The number of nitrogens with zero attached hydrogens (tertiary/aromatic N) is 2. The van der Waals surface area contributed by atoms with Gasteiger partial charge in [0, 0.05) is 31.2 Å². The van der Waals surface area contributed by atoms with E-state index in [4.69, 9.17) is 5.73 Å². The van der Waals surface area contributed by atoms with Crippen LogP contribution in [-0.2, 0) is 4.79 Å². The summed E-state index contributed by atoms with van der Waals surface area (Å²) in [6.07, 6.45) is 3.77. The van der Waals surface area contributed by atoms with Gasteiger partial charge in [-0.15, -0.1) is 6.58 Å². The second kappa shape index (κ2) is 6.34. The first-order chi connectivity index (χ1) is 8.34. The molecular weight excluding hydrogens is 226 g/mol. The van der Waals surface area contributed by atoms with Crippen LogP contribution in [0.1, 0.15) is 33.6 Å². The number of carbonyl (C=O) groups excluding carboxylic acids is 1. The van der Waals surface area contributed by atoms with E-state index in [9.17, 15) is 4.79 Å². The molecule has 1 rings (SSSR count). The molecule has 0 aromatic rings. The number of rotatable bonds is 4. The fourth-order valence-electron chi connectivity index (χ4n) is 2.27. The molecule has 0 aliphatic carbocycles. The van der Waals surface area contributed by atoms with Crippen LogP contribution in [0, 0.1) is 0 Å². The van der Waals surface area contributed by atoms with Gasteiger partial charge < -0.3 is 10.6 Å². The van der Waals surface area contributed by atoms with E-state index in [1.165, 1.54) is 0 Å². The first-order valence-corrected chi connectivity index (χ1v) is 6.74. The summed E-state index contributed by atoms with van der Waals surface area (Å²) in [5.74, 6) is 0.179. The van der Waals surface area contributed by atoms with E-state index in [2.05, 4.69) is 32.3 Å². The molecule has 0 atom stereocenters. The van der Waals surface area contributed by atoms with Gasteiger partial charge in [0.25, 0.3) is 0 Å². The van der Waals surface area contributed by atoms with Gasteiger partial charge in [0.1, 0.15) is 0 Å². The highest BCUT2D eigenvalue weighted by Gasteiger charge is 2.27. The minimum absolute atomic E-state index is 0.155. The Kier molecular flexibility index (Phi) is 5.35. The Balaban J connectivity index is 2.54. The normalized spacial score (nSPS) is 18.7. The Hall–Kier alpha value is -0.870. The van der Waals surface area contributed by atoms with Crippen molar-refractivity contribution >= 4 is 5.91 Å². The summed E-state index contributed by atoms with van der Waals surface area (Å²) in [4.78, 5) is 16.4. The first kappa shape index (κ1) is 15.2. The number of piperidine rings is 1. The fraction of sp³-hybridized carbons (Fsp3) is 0.786. The molecule has 18 heavy (non-hydrogen) atoms. The van der Waals surface area contributed by atoms with Crippen LogP contribution in [0.3, 0.4) is 0 Å². The second-order valence-electron chi connectivity index (χ2n) is 6.08. The fourth-order valence-corrected chi connectivity index (χ4v) is 2.27. The quantitative estimate of drug-likeness (QED) is 0.767. The minimum atomic E-state index is -0.155. The third-order valence-electron chi connectivity index (χ3n) is 3.41. The van der Waals surface area contributed by atoms with Crippen LogP contribution < -0.4 is 5.73 Å². The highest BCUT2D eigenvalue weighted by molar-refractivity contribution is 5.79. The van der Waals surface area contributed by atoms with Gasteiger partial charge in [0.2, 0.25) is 5.91 Å². The Morgan fingerprint density at radius 2 is 2.00 bits per heavy atom. The van der Waals surface area contributed by atoms with Crippen LogP contribution in [0.15, 0.2) is 12.7 Å². The minimum Gasteiger partial charge on any atom is -0.333 e. The van der Waals surface area contributed by atoms with Gasteiger partial charge in [-0.05, 0) is 33.6 Å². The molecule has 1 aliphatic heterocycles. The van der Waals surface area contributed by atoms with Crippen molar-refractivity contribution in [3.05, 3.63) is 12.7 Å². The number of hydrogen-bond acceptors (Lipinski definition) is 3. The first-order valence-electron chi connectivity index (χ1n) is 6.74. The monoisotopic (exact) mass is 253 g/mol. The van der Waals surface area contributed by atoms with Crippen LogP contribution in [0.25, 0.3) is 0 Å². The van der Waals surface area contributed by atoms with Crippen molar-refractivity contribution < 1.29 is 4.79 Å². The number of likely N-dealkylation sites (tertiary alicyclic amines) is 1. The van der Waals surface area contributed by atoms with Gasteiger partial charge in [-0.3, -0.25) is 9.69 Å². The summed E-state index contributed by atoms with van der Waals surface area (Å²) < 4.78 is 0. The van der Waals surface area contributed by atoms with Gasteiger partial charge >= 0.3 is 0 Å². The van der Waals surface area contributed by atoms with Crippen molar-refractivity contribution in [1.82, 2.24) is 9.80 Å². The van der Waals surface area contributed by atoms with E-state index >= 15 is 0 Å². The van der Waals surface area contributed by atoms with Gasteiger partial charge in [-0.25, -0.2) is 0 Å². The van der Waals surface area contributed by atoms with Crippen molar-refractivity contribution in [1.29, 1.82) is 0 Å². The van der Waals surface area contributed by atoms with Gasteiger partial charge in [-0.1, -0.05) is 6.08 Å². The van der Waals surface area contributed by atoms with Crippen molar-refractivity contribution in [2.24, 2.45) is 5.73 Å². The van der Waals surface area contributed by atoms with Crippen LogP contribution in [0.4, 0.5) is 0 Å². The zero-order valence-electron chi connectivity index (χ0n) is 12.0. The van der Waals surface area contributed by atoms with E-state index in [0.717, 1.165) is 25.9 Å². The molecule has 0 unspecified atom stereocenters. The average Bonchev–Trinajstić information content (AvgIpc) is 2.27. The molecule has 1 aliphatic rings. The van der Waals surface area contributed by atoms with E-state index in [1.807, 2.05) is 4.90 Å². The molecule has 0 aromatic heterocycles. The lowest BCUT2D eigenvalue weighted by atomic mass is 10.0. The van der Waals surface area contributed by atoms with Crippen LogP contribution >= 0.6 is 0 Å². The lowest BCUT2D eigenvalue weighted by Crippen LogP contribution is -2.51. The largest absolute Gasteiger partial charge is 0.333 e. The molecule has 0 saturated carbocycles. The molecular formula is C14H27N3O. The molecule has 1 amide bonds. The van der Waals surface area contributed by atoms with E-state index in [1.54, 1.807) is 6.08 Å². The summed E-state index contributed by atoms with van der Waals surface area (Å²) in [6, 6.07) is 0.309. The SMILES string of the molecule is C=CCN(C(=O)CN1CCC(N)CC1)C(C)(C)C. The lowest BCUT2D eigenvalue weighted by molar-refractivity contribution is -0.136. The second-order valence-corrected chi connectivity index (χ2v) is 6.08. The smallest absolute Gasteiger partial charge is 0.237 e. The van der Waals surface area contributed by atoms with Crippen molar-refractivity contribution in [2.75, 3.05) is 26.2 Å². The summed E-state index contributed by atoms with van der Waals surface area (Å²) in [6.45, 7) is 12.9. The zero-order chi connectivity index (χ0) is 13.8. The van der Waals surface area contributed by atoms with E-state index < -0.39 is 0 Å². The molecule has 1 saturated heterocycles. The molecule has 1 fully saturated rings. The van der Waals surface area contributed by atoms with Gasteiger partial charge in [-0.2, -0.15) is 0 Å². The maximum Gasteiger partial charge on any atom is 0.237 e. The predicted molar refractivity (Wildman–Crippen MR) is 75.3 cm³/mol. The third-order valence-corrected chi connectivity index (χ3v) is 3.41. The number of amides is 1. The zero-order valence-corrected chi connectivity index (χ0v) is 12.0. The number of hydrogen-bond donors (Lipinski definition) is 1. The van der Waals surface area contributed by atoms with Gasteiger partial charge in [0.15, 0.2) is 0 Å². The predicted octanol–water partition coefficient (Wildman–Crippen LogP) is 1.22. The van der Waals surface area contributed by atoms with Crippen LogP contribution in [-0.4, -0.2) is 53.5 Å². The summed E-state index contributed by atoms with van der Waals surface area (Å²) in [5.41, 5.74) is 5.71. The Labute approximate surface area is 111 Å². The molecule has 4 heteroatoms. The molecule has 0 spiro atoms. The highest BCUT2D eigenvalue weighted by Crippen LogP contribution is 2.15. The Morgan fingerprint density at radius 1 is 1.44 bits per heavy atom. The lowest BCUT2D eigenvalue weighted by Gasteiger charge is -2.37. The standard InChI is InChI=1S/C14H27N3O/c1-5-8-17(14(2,3)4)13(18)11-16-9-6-12(15)7-10-16/h5,12H,1,6-11,15H2,2-4H3. The maximum absolute atomic E-state index is 12.3. The van der Waals surface area contributed by atoms with Crippen molar-refractivity contribution in [3.63, 3.8) is 0 Å².